The quantitative estimate of drug-likeness (QED) is 0.321. The van der Waals surface area contributed by atoms with Crippen LogP contribution in [-0.2, 0) is 19.1 Å². The van der Waals surface area contributed by atoms with Crippen molar-refractivity contribution >= 4 is 11.8 Å². The number of fused-ring (bicyclic) bond motifs is 4. The molecule has 0 aromatic heterocycles. The number of ether oxygens (including phenoxy) is 2. The third-order valence-electron chi connectivity index (χ3n) is 12.3. The van der Waals surface area contributed by atoms with E-state index in [9.17, 15) is 35.1 Å². The van der Waals surface area contributed by atoms with Crippen molar-refractivity contribution in [3.8, 4) is 0 Å². The fourth-order valence-corrected chi connectivity index (χ4v) is 9.64. The van der Waals surface area contributed by atoms with Gasteiger partial charge in [0.1, 0.15) is 11.7 Å². The van der Waals surface area contributed by atoms with Gasteiger partial charge in [-0.1, -0.05) is 19.9 Å². The lowest BCUT2D eigenvalue weighted by Crippen LogP contribution is -2.79. The van der Waals surface area contributed by atoms with Gasteiger partial charge in [-0.05, 0) is 70.3 Å². The molecule has 6 aliphatic rings. The molecule has 2 heterocycles. The second-order valence-corrected chi connectivity index (χ2v) is 13.0. The minimum atomic E-state index is -2.17. The summed E-state index contributed by atoms with van der Waals surface area (Å²) in [7, 11) is 0. The molecule has 0 aromatic carbocycles. The van der Waals surface area contributed by atoms with E-state index in [1.807, 2.05) is 0 Å². The number of cyclic esters (lactones) is 1. The van der Waals surface area contributed by atoms with Gasteiger partial charge in [0, 0.05) is 23.5 Å². The first-order valence-electron chi connectivity index (χ1n) is 13.4. The highest BCUT2D eigenvalue weighted by Crippen LogP contribution is 2.74. The molecule has 5 N–H and O–H groups in total. The monoisotopic (exact) mass is 518 g/mol. The summed E-state index contributed by atoms with van der Waals surface area (Å²) in [6.45, 7) is 8.32. The zero-order valence-electron chi connectivity index (χ0n) is 22.0. The Morgan fingerprint density at radius 2 is 1.70 bits per heavy atom. The molecule has 6 rings (SSSR count). The van der Waals surface area contributed by atoms with E-state index in [-0.39, 0.29) is 48.0 Å². The number of aliphatic hydroxyl groups is 5. The number of aliphatic hydroxyl groups excluding tert-OH is 1. The SMILES string of the molecule is CC1=C(C)C(O)(C2OC3(O)CC4C(CC(O)C5(O)CC=CC(=O)C45C)C4CCC(O)(C2C)C43C)OC1=O. The maximum absolute atomic E-state index is 13.4. The second kappa shape index (κ2) is 7.11. The first-order chi connectivity index (χ1) is 17.0. The number of allylic oxidation sites excluding steroid dienone is 1. The van der Waals surface area contributed by atoms with Crippen molar-refractivity contribution in [2.75, 3.05) is 0 Å². The minimum Gasteiger partial charge on any atom is -0.423 e. The molecule has 37 heavy (non-hydrogen) atoms. The topological polar surface area (TPSA) is 154 Å². The van der Waals surface area contributed by atoms with Crippen LogP contribution >= 0.6 is 0 Å². The normalized spacial score (nSPS) is 58.6. The van der Waals surface area contributed by atoms with Crippen LogP contribution in [-0.4, -0.2) is 72.3 Å². The highest BCUT2D eigenvalue weighted by Gasteiger charge is 2.81. The third-order valence-corrected chi connectivity index (χ3v) is 12.3. The van der Waals surface area contributed by atoms with E-state index in [1.165, 1.54) is 6.08 Å². The van der Waals surface area contributed by atoms with Crippen molar-refractivity contribution in [2.24, 2.45) is 34.5 Å². The van der Waals surface area contributed by atoms with Gasteiger partial charge < -0.3 is 35.0 Å². The molecule has 4 aliphatic carbocycles. The van der Waals surface area contributed by atoms with Crippen molar-refractivity contribution in [3.05, 3.63) is 23.3 Å². The number of rotatable bonds is 1. The van der Waals surface area contributed by atoms with Gasteiger partial charge in [0.2, 0.25) is 0 Å². The lowest BCUT2D eigenvalue weighted by atomic mass is 9.40. The average Bonchev–Trinajstić information content (AvgIpc) is 3.23. The molecule has 4 fully saturated rings. The Balaban J connectivity index is 1.50. The van der Waals surface area contributed by atoms with Crippen molar-refractivity contribution in [1.82, 2.24) is 0 Å². The van der Waals surface area contributed by atoms with Crippen LogP contribution in [0.5, 0.6) is 0 Å². The zero-order chi connectivity index (χ0) is 27.1. The van der Waals surface area contributed by atoms with E-state index in [2.05, 4.69) is 0 Å². The van der Waals surface area contributed by atoms with Crippen LogP contribution in [0.4, 0.5) is 0 Å². The molecule has 9 nitrogen and oxygen atoms in total. The van der Waals surface area contributed by atoms with Gasteiger partial charge in [0.15, 0.2) is 11.6 Å². The first kappa shape index (κ1) is 25.6. The van der Waals surface area contributed by atoms with Crippen LogP contribution in [0.3, 0.4) is 0 Å². The molecule has 12 unspecified atom stereocenters. The summed E-state index contributed by atoms with van der Waals surface area (Å²) in [4.78, 5) is 25.8. The van der Waals surface area contributed by atoms with Crippen LogP contribution in [0.25, 0.3) is 0 Å². The Morgan fingerprint density at radius 1 is 1.03 bits per heavy atom. The third kappa shape index (κ3) is 2.53. The molecule has 12 atom stereocenters. The lowest BCUT2D eigenvalue weighted by molar-refractivity contribution is -0.437. The number of ketones is 1. The highest BCUT2D eigenvalue weighted by molar-refractivity contribution is 5.97. The summed E-state index contributed by atoms with van der Waals surface area (Å²) in [5, 5.41) is 59.3. The van der Waals surface area contributed by atoms with Crippen LogP contribution in [0, 0.1) is 34.5 Å². The van der Waals surface area contributed by atoms with Crippen molar-refractivity contribution < 1.29 is 44.6 Å². The van der Waals surface area contributed by atoms with E-state index < -0.39 is 63.6 Å². The Labute approximate surface area is 216 Å². The predicted octanol–water partition coefficient (Wildman–Crippen LogP) is 1.11. The first-order valence-corrected chi connectivity index (χ1v) is 13.4. The van der Waals surface area contributed by atoms with E-state index in [0.29, 0.717) is 12.8 Å². The van der Waals surface area contributed by atoms with Gasteiger partial charge in [0.05, 0.1) is 22.5 Å². The summed E-state index contributed by atoms with van der Waals surface area (Å²) in [5.41, 5.74) is -5.25. The molecule has 0 amide bonds. The summed E-state index contributed by atoms with van der Waals surface area (Å²) in [5.74, 6) is -7.02. The molecule has 204 valence electrons. The Bertz CT molecular complexity index is 1160. The molecule has 0 radical (unpaired) electrons. The van der Waals surface area contributed by atoms with Gasteiger partial charge in [0.25, 0.3) is 5.79 Å². The standard InChI is InChI=1S/C28H38O9/c1-13-14(2)28(35,37-22(13)31)21-15(3)25(32)10-8-17-16-11-20(30)26(33)9-6-7-19(29)23(26,4)18(16)12-27(34,36-21)24(17,25)5/h6-7,15-18,20-21,30,32-35H,8-12H2,1-5H3. The van der Waals surface area contributed by atoms with Gasteiger partial charge in [-0.3, -0.25) is 4.79 Å². The van der Waals surface area contributed by atoms with Crippen LogP contribution in [0.1, 0.15) is 66.7 Å². The van der Waals surface area contributed by atoms with E-state index in [4.69, 9.17) is 9.47 Å². The predicted molar refractivity (Wildman–Crippen MR) is 128 cm³/mol. The molecule has 0 bridgehead atoms. The molecule has 3 saturated carbocycles. The smallest absolute Gasteiger partial charge is 0.336 e. The van der Waals surface area contributed by atoms with Crippen molar-refractivity contribution in [1.29, 1.82) is 0 Å². The second-order valence-electron chi connectivity index (χ2n) is 13.0. The molecule has 1 saturated heterocycles. The van der Waals surface area contributed by atoms with E-state index in [0.717, 1.165) is 0 Å². The summed E-state index contributed by atoms with van der Waals surface area (Å²) in [6.07, 6.45) is 1.69. The molecular weight excluding hydrogens is 480 g/mol. The summed E-state index contributed by atoms with van der Waals surface area (Å²) >= 11 is 0. The zero-order valence-corrected chi connectivity index (χ0v) is 22.0. The number of hydrogen-bond donors (Lipinski definition) is 5. The van der Waals surface area contributed by atoms with Crippen molar-refractivity contribution in [3.63, 3.8) is 0 Å². The van der Waals surface area contributed by atoms with Gasteiger partial charge in [-0.2, -0.15) is 0 Å². The van der Waals surface area contributed by atoms with E-state index in [1.54, 1.807) is 40.7 Å². The molecule has 9 heteroatoms. The van der Waals surface area contributed by atoms with Gasteiger partial charge in [-0.25, -0.2) is 4.79 Å². The maximum Gasteiger partial charge on any atom is 0.336 e. The number of carbonyl (C=O) groups excluding carboxylic acids is 2. The maximum atomic E-state index is 13.4. The molecular formula is C28H38O9. The van der Waals surface area contributed by atoms with Gasteiger partial charge in [-0.15, -0.1) is 0 Å². The Kier molecular flexibility index (Phi) is 4.93. The fraction of sp³-hybridized carbons (Fsp3) is 0.786. The Morgan fingerprint density at radius 3 is 2.32 bits per heavy atom. The van der Waals surface area contributed by atoms with Crippen LogP contribution < -0.4 is 0 Å². The molecule has 2 aliphatic heterocycles. The minimum absolute atomic E-state index is 0.0902. The highest BCUT2D eigenvalue weighted by atomic mass is 16.7. The molecule has 0 spiro atoms. The average molecular weight is 519 g/mol. The number of esters is 1. The van der Waals surface area contributed by atoms with Crippen molar-refractivity contribution in [2.45, 2.75) is 102 Å². The lowest BCUT2D eigenvalue weighted by Gasteiger charge is -2.70. The largest absolute Gasteiger partial charge is 0.423 e. The summed E-state index contributed by atoms with van der Waals surface area (Å²) in [6, 6.07) is 0. The number of hydrogen-bond acceptors (Lipinski definition) is 9. The van der Waals surface area contributed by atoms with Gasteiger partial charge >= 0.3 is 5.97 Å². The van der Waals surface area contributed by atoms with Crippen LogP contribution in [0.2, 0.25) is 0 Å². The summed E-state index contributed by atoms with van der Waals surface area (Å²) < 4.78 is 11.8. The number of carbonyl (C=O) groups is 2. The van der Waals surface area contributed by atoms with Crippen LogP contribution in [0.15, 0.2) is 23.3 Å². The molecule has 0 aromatic rings. The Hall–Kier alpha value is -1.62. The fourth-order valence-electron chi connectivity index (χ4n) is 9.64. The van der Waals surface area contributed by atoms with E-state index >= 15 is 0 Å².